The van der Waals surface area contributed by atoms with E-state index in [1.54, 1.807) is 18.2 Å². The lowest BCUT2D eigenvalue weighted by Gasteiger charge is -2.49. The minimum absolute atomic E-state index is 0.0402. The molecule has 0 aromatic heterocycles. The van der Waals surface area contributed by atoms with Crippen molar-refractivity contribution in [2.24, 2.45) is 10.8 Å². The Kier molecular flexibility index (Phi) is 8.92. The lowest BCUT2D eigenvalue weighted by atomic mass is 9.63. The average molecular weight is 651 g/mol. The van der Waals surface area contributed by atoms with E-state index < -0.39 is 5.92 Å². The number of nitrogens with zero attached hydrogens (tertiary/aromatic N) is 1. The molecule has 0 saturated carbocycles. The van der Waals surface area contributed by atoms with Crippen LogP contribution in [0.25, 0.3) is 0 Å². The summed E-state index contributed by atoms with van der Waals surface area (Å²) in [5, 5.41) is 3.40. The van der Waals surface area contributed by atoms with Gasteiger partial charge in [0.1, 0.15) is 5.75 Å². The van der Waals surface area contributed by atoms with E-state index in [-0.39, 0.29) is 34.9 Å². The molecular weight excluding hydrogens is 608 g/mol. The molecule has 1 aliphatic heterocycles. The molecule has 0 bridgehead atoms. The molecule has 0 atom stereocenters. The first-order valence-corrected chi connectivity index (χ1v) is 16.8. The predicted octanol–water partition coefficient (Wildman–Crippen LogP) is 8.59. The highest BCUT2D eigenvalue weighted by molar-refractivity contribution is 6.30. The first kappa shape index (κ1) is 32.8. The van der Waals surface area contributed by atoms with Crippen molar-refractivity contribution in [3.63, 3.8) is 0 Å². The summed E-state index contributed by atoms with van der Waals surface area (Å²) in [5.74, 6) is -0.419. The molecule has 0 fully saturated rings. The number of nitrogens with one attached hydrogen (secondary N) is 1. The number of hydrogen-bond acceptors (Lipinski definition) is 5. The molecule has 47 heavy (non-hydrogen) atoms. The molecule has 6 rings (SSSR count). The third kappa shape index (κ3) is 6.94. The van der Waals surface area contributed by atoms with Crippen LogP contribution in [-0.2, 0) is 20.8 Å². The van der Waals surface area contributed by atoms with Gasteiger partial charge in [-0.1, -0.05) is 87.8 Å². The van der Waals surface area contributed by atoms with E-state index in [1.165, 1.54) is 5.56 Å². The normalized spacial score (nSPS) is 19.0. The third-order valence-corrected chi connectivity index (χ3v) is 9.78. The number of carbonyl (C=O) groups excluding carboxylic acids is 3. The van der Waals surface area contributed by atoms with Gasteiger partial charge in [0.25, 0.3) is 5.91 Å². The van der Waals surface area contributed by atoms with Crippen LogP contribution in [0.2, 0.25) is 5.02 Å². The Balaban J connectivity index is 1.44. The molecule has 6 nitrogen and oxygen atoms in total. The summed E-state index contributed by atoms with van der Waals surface area (Å²) in [4.78, 5) is 43.9. The van der Waals surface area contributed by atoms with Gasteiger partial charge in [-0.25, -0.2) is 0 Å². The van der Waals surface area contributed by atoms with Crippen molar-refractivity contribution < 1.29 is 19.1 Å². The van der Waals surface area contributed by atoms with Gasteiger partial charge in [0.05, 0.1) is 0 Å². The standard InChI is InChI=1S/C40H43ClN2O4/c1-25-11-9-10-14-29(25)42-35(46)24-47-34-16-15-27(41)19-28(34)36-37-30(20-39(2,3)22-32(37)44)43(18-17-26-12-7-6-8-13-26)31-21-40(4,5)23-33(45)38(31)36/h6-16,19,36H,17-18,20-24H2,1-5H3,(H,42,46). The second kappa shape index (κ2) is 12.8. The van der Waals surface area contributed by atoms with Gasteiger partial charge in [-0.05, 0) is 72.4 Å². The van der Waals surface area contributed by atoms with E-state index >= 15 is 0 Å². The molecule has 244 valence electrons. The largest absolute Gasteiger partial charge is 0.483 e. The average Bonchev–Trinajstić information content (AvgIpc) is 2.99. The first-order chi connectivity index (χ1) is 22.3. The monoisotopic (exact) mass is 650 g/mol. The van der Waals surface area contributed by atoms with Gasteiger partial charge in [-0.3, -0.25) is 14.4 Å². The van der Waals surface area contributed by atoms with Gasteiger partial charge < -0.3 is 15.0 Å². The zero-order chi connectivity index (χ0) is 33.5. The minimum Gasteiger partial charge on any atom is -0.483 e. The molecule has 2 aliphatic carbocycles. The summed E-state index contributed by atoms with van der Waals surface area (Å²) in [6.45, 7) is 10.9. The molecule has 3 aromatic carbocycles. The molecule has 0 spiro atoms. The molecule has 7 heteroatoms. The van der Waals surface area contributed by atoms with E-state index in [9.17, 15) is 14.4 Å². The van der Waals surface area contributed by atoms with Crippen LogP contribution in [0.3, 0.4) is 0 Å². The van der Waals surface area contributed by atoms with Crippen molar-refractivity contribution in [2.45, 2.75) is 72.6 Å². The molecule has 1 heterocycles. The Labute approximate surface area is 282 Å². The number of Topliss-reactive ketones (excluding diaryl/α,β-unsaturated/α-hetero) is 2. The number of allylic oxidation sites excluding steroid dienone is 4. The van der Waals surface area contributed by atoms with Gasteiger partial charge >= 0.3 is 0 Å². The fourth-order valence-corrected chi connectivity index (χ4v) is 7.61. The highest BCUT2D eigenvalue weighted by Crippen LogP contribution is 2.55. The number of ketones is 2. The van der Waals surface area contributed by atoms with Gasteiger partial charge in [-0.2, -0.15) is 0 Å². The zero-order valence-corrected chi connectivity index (χ0v) is 28.7. The van der Waals surface area contributed by atoms with E-state index in [4.69, 9.17) is 16.3 Å². The van der Waals surface area contributed by atoms with Crippen molar-refractivity contribution in [3.8, 4) is 5.75 Å². The lowest BCUT2D eigenvalue weighted by molar-refractivity contribution is -0.120. The van der Waals surface area contributed by atoms with Crippen LogP contribution in [0.15, 0.2) is 95.3 Å². The molecule has 3 aliphatic rings. The molecule has 0 unspecified atom stereocenters. The van der Waals surface area contributed by atoms with Crippen LogP contribution in [0.1, 0.15) is 76.0 Å². The Morgan fingerprint density at radius 1 is 0.851 bits per heavy atom. The fourth-order valence-electron chi connectivity index (χ4n) is 7.43. The van der Waals surface area contributed by atoms with Crippen molar-refractivity contribution in [1.82, 2.24) is 4.90 Å². The minimum atomic E-state index is -0.631. The highest BCUT2D eigenvalue weighted by atomic mass is 35.5. The van der Waals surface area contributed by atoms with Crippen LogP contribution in [0.5, 0.6) is 5.75 Å². The van der Waals surface area contributed by atoms with Crippen molar-refractivity contribution in [3.05, 3.63) is 117 Å². The molecule has 1 amide bonds. The number of rotatable bonds is 8. The molecular formula is C40H43ClN2O4. The van der Waals surface area contributed by atoms with Crippen LogP contribution < -0.4 is 10.1 Å². The number of anilines is 1. The summed E-state index contributed by atoms with van der Waals surface area (Å²) >= 11 is 6.64. The second-order valence-electron chi connectivity index (χ2n) is 14.8. The van der Waals surface area contributed by atoms with Crippen molar-refractivity contribution in [1.29, 1.82) is 0 Å². The number of halogens is 1. The highest BCUT2D eigenvalue weighted by Gasteiger charge is 2.49. The topological polar surface area (TPSA) is 75.7 Å². The summed E-state index contributed by atoms with van der Waals surface area (Å²) in [6, 6.07) is 23.2. The number of ether oxygens (including phenoxy) is 1. The predicted molar refractivity (Wildman–Crippen MR) is 186 cm³/mol. The number of benzene rings is 3. The number of amides is 1. The Morgan fingerprint density at radius 3 is 2.06 bits per heavy atom. The van der Waals surface area contributed by atoms with Gasteiger partial charge in [0.15, 0.2) is 18.2 Å². The fraction of sp³-hybridized carbons (Fsp3) is 0.375. The third-order valence-electron chi connectivity index (χ3n) is 9.55. The lowest BCUT2D eigenvalue weighted by Crippen LogP contribution is -2.45. The first-order valence-electron chi connectivity index (χ1n) is 16.4. The van der Waals surface area contributed by atoms with Crippen molar-refractivity contribution >= 4 is 34.8 Å². The number of carbonyl (C=O) groups is 3. The maximum Gasteiger partial charge on any atom is 0.262 e. The summed E-state index contributed by atoms with van der Waals surface area (Å²) in [5.41, 5.74) is 6.32. The van der Waals surface area contributed by atoms with E-state index in [2.05, 4.69) is 50.0 Å². The maximum absolute atomic E-state index is 14.3. The van der Waals surface area contributed by atoms with Crippen molar-refractivity contribution in [2.75, 3.05) is 18.5 Å². The number of para-hydroxylation sites is 1. The second-order valence-corrected chi connectivity index (χ2v) is 15.2. The van der Waals surface area contributed by atoms with Crippen LogP contribution in [-0.4, -0.2) is 35.5 Å². The van der Waals surface area contributed by atoms with E-state index in [0.717, 1.165) is 29.1 Å². The molecule has 0 saturated heterocycles. The smallest absolute Gasteiger partial charge is 0.262 e. The van der Waals surface area contributed by atoms with Gasteiger partial charge in [0.2, 0.25) is 0 Å². The summed E-state index contributed by atoms with van der Waals surface area (Å²) < 4.78 is 6.21. The molecule has 1 N–H and O–H groups in total. The SMILES string of the molecule is Cc1ccccc1NC(=O)COc1ccc(Cl)cc1C1C2=C(CC(C)(C)CC2=O)N(CCc2ccccc2)C2=C1C(=O)CC(C)(C)C2. The zero-order valence-electron chi connectivity index (χ0n) is 27.9. The van der Waals surface area contributed by atoms with Gasteiger partial charge in [0, 0.05) is 64.1 Å². The van der Waals surface area contributed by atoms with E-state index in [1.807, 2.05) is 49.4 Å². The maximum atomic E-state index is 14.3. The quantitative estimate of drug-likeness (QED) is 0.264. The van der Waals surface area contributed by atoms with Crippen LogP contribution in [0.4, 0.5) is 5.69 Å². The van der Waals surface area contributed by atoms with Crippen LogP contribution >= 0.6 is 11.6 Å². The molecule has 0 radical (unpaired) electrons. The van der Waals surface area contributed by atoms with Gasteiger partial charge in [-0.15, -0.1) is 0 Å². The summed E-state index contributed by atoms with van der Waals surface area (Å²) in [7, 11) is 0. The van der Waals surface area contributed by atoms with E-state index in [0.29, 0.717) is 59.7 Å². The number of aryl methyl sites for hydroxylation is 1. The van der Waals surface area contributed by atoms with Crippen LogP contribution in [0, 0.1) is 17.8 Å². The Hall–Kier alpha value is -4.16. The molecule has 3 aromatic rings. The Bertz CT molecular complexity index is 1750. The summed E-state index contributed by atoms with van der Waals surface area (Å²) in [6.07, 6.45) is 2.96. The Morgan fingerprint density at radius 2 is 1.45 bits per heavy atom. The number of hydrogen-bond donors (Lipinski definition) is 1.